The Morgan fingerprint density at radius 3 is 2.61 bits per heavy atom. The maximum absolute atomic E-state index is 10.6. The summed E-state index contributed by atoms with van der Waals surface area (Å²) in [5.41, 5.74) is 3.14. The van der Waals surface area contributed by atoms with Crippen molar-refractivity contribution in [2.45, 2.75) is 32.9 Å². The van der Waals surface area contributed by atoms with Crippen LogP contribution in [-0.2, 0) is 13.0 Å². The summed E-state index contributed by atoms with van der Waals surface area (Å²) in [5.74, 6) is 2.74. The summed E-state index contributed by atoms with van der Waals surface area (Å²) in [5, 5.41) is 14.7. The van der Waals surface area contributed by atoms with Gasteiger partial charge >= 0.3 is 0 Å². The average molecular weight is 448 g/mol. The van der Waals surface area contributed by atoms with E-state index in [2.05, 4.69) is 15.0 Å². The van der Waals surface area contributed by atoms with Crippen LogP contribution < -0.4 is 4.74 Å². The van der Waals surface area contributed by atoms with Gasteiger partial charge in [-0.25, -0.2) is 0 Å². The number of aryl methyl sites for hydroxylation is 2. The molecule has 0 saturated heterocycles. The second-order valence-corrected chi connectivity index (χ2v) is 8.17. The lowest BCUT2D eigenvalue weighted by Gasteiger charge is -2.24. The first-order valence-electron chi connectivity index (χ1n) is 11.1. The number of aromatic nitrogens is 2. The maximum Gasteiger partial charge on any atom is 0.228 e. The van der Waals surface area contributed by atoms with Crippen molar-refractivity contribution in [3.63, 3.8) is 0 Å². The van der Waals surface area contributed by atoms with Gasteiger partial charge in [0.15, 0.2) is 0 Å². The summed E-state index contributed by atoms with van der Waals surface area (Å²) >= 11 is 0. The van der Waals surface area contributed by atoms with E-state index in [4.69, 9.17) is 13.7 Å². The number of aliphatic hydroxyl groups is 1. The minimum absolute atomic E-state index is 0.206. The van der Waals surface area contributed by atoms with Crippen molar-refractivity contribution in [2.75, 3.05) is 19.7 Å². The number of ether oxygens (including phenoxy) is 1. The van der Waals surface area contributed by atoms with E-state index in [-0.39, 0.29) is 6.61 Å². The monoisotopic (exact) mass is 447 g/mol. The molecule has 0 unspecified atom stereocenters. The van der Waals surface area contributed by atoms with Gasteiger partial charge in [-0.05, 0) is 37.6 Å². The largest absolute Gasteiger partial charge is 0.491 e. The van der Waals surface area contributed by atoms with Crippen molar-refractivity contribution in [2.24, 2.45) is 0 Å². The summed E-state index contributed by atoms with van der Waals surface area (Å²) < 4.78 is 16.8. The van der Waals surface area contributed by atoms with E-state index in [1.54, 1.807) is 6.26 Å². The lowest BCUT2D eigenvalue weighted by molar-refractivity contribution is 0.0627. The standard InChI is InChI=1S/C26H29N3O4/c1-19-9-11-21(12-10-19)26-27-25(33-28-26)13-14-29(17-23-7-5-15-31-23)16-22(30)18-32-24-8-4-3-6-20(24)2/h3-12,15,22,30H,13-14,16-18H2,1-2H3/t22-/m0/s1. The van der Waals surface area contributed by atoms with Crippen LogP contribution in [-0.4, -0.2) is 45.9 Å². The number of hydrogen-bond acceptors (Lipinski definition) is 7. The van der Waals surface area contributed by atoms with Gasteiger partial charge in [0, 0.05) is 25.1 Å². The molecule has 172 valence electrons. The first-order valence-corrected chi connectivity index (χ1v) is 11.1. The molecule has 7 nitrogen and oxygen atoms in total. The Morgan fingerprint density at radius 1 is 1.03 bits per heavy atom. The number of rotatable bonds is 11. The first kappa shape index (κ1) is 22.8. The van der Waals surface area contributed by atoms with Gasteiger partial charge in [-0.15, -0.1) is 0 Å². The molecule has 0 fully saturated rings. The molecule has 2 heterocycles. The van der Waals surface area contributed by atoms with Gasteiger partial charge in [0.25, 0.3) is 0 Å². The minimum atomic E-state index is -0.662. The zero-order chi connectivity index (χ0) is 23.0. The molecular formula is C26H29N3O4. The summed E-state index contributed by atoms with van der Waals surface area (Å²) in [6, 6.07) is 19.6. The van der Waals surface area contributed by atoms with E-state index >= 15 is 0 Å². The summed E-state index contributed by atoms with van der Waals surface area (Å²) in [4.78, 5) is 6.63. The Morgan fingerprint density at radius 2 is 1.85 bits per heavy atom. The summed E-state index contributed by atoms with van der Waals surface area (Å²) in [6.07, 6.45) is 1.55. The van der Waals surface area contributed by atoms with Crippen LogP contribution in [0.4, 0.5) is 0 Å². The number of aliphatic hydroxyl groups excluding tert-OH is 1. The van der Waals surface area contributed by atoms with Crippen molar-refractivity contribution in [1.29, 1.82) is 0 Å². The smallest absolute Gasteiger partial charge is 0.228 e. The fourth-order valence-corrected chi connectivity index (χ4v) is 3.54. The molecule has 33 heavy (non-hydrogen) atoms. The predicted molar refractivity (Wildman–Crippen MR) is 125 cm³/mol. The molecule has 4 rings (SSSR count). The number of hydrogen-bond donors (Lipinski definition) is 1. The number of para-hydroxylation sites is 1. The van der Waals surface area contributed by atoms with Gasteiger partial charge in [0.1, 0.15) is 24.2 Å². The van der Waals surface area contributed by atoms with Crippen molar-refractivity contribution in [1.82, 2.24) is 15.0 Å². The minimum Gasteiger partial charge on any atom is -0.491 e. The molecule has 0 radical (unpaired) electrons. The number of nitrogens with zero attached hydrogens (tertiary/aromatic N) is 3. The molecule has 0 aliphatic carbocycles. The molecule has 0 amide bonds. The summed E-state index contributed by atoms with van der Waals surface area (Å²) in [7, 11) is 0. The molecular weight excluding hydrogens is 418 g/mol. The molecule has 1 atom stereocenters. The molecule has 0 aliphatic rings. The SMILES string of the molecule is Cc1ccc(-c2noc(CCN(Cc3ccco3)C[C@H](O)COc3ccccc3C)n2)cc1. The fourth-order valence-electron chi connectivity index (χ4n) is 3.54. The van der Waals surface area contributed by atoms with Gasteiger partial charge in [-0.2, -0.15) is 4.98 Å². The molecule has 2 aromatic carbocycles. The van der Waals surface area contributed by atoms with Crippen molar-refractivity contribution < 1.29 is 18.8 Å². The van der Waals surface area contributed by atoms with Crippen molar-refractivity contribution in [3.8, 4) is 17.1 Å². The van der Waals surface area contributed by atoms with E-state index in [1.807, 2.05) is 74.5 Å². The van der Waals surface area contributed by atoms with Crippen LogP contribution in [0.15, 0.2) is 75.9 Å². The van der Waals surface area contributed by atoms with E-state index in [9.17, 15) is 5.11 Å². The highest BCUT2D eigenvalue weighted by atomic mass is 16.5. The zero-order valence-electron chi connectivity index (χ0n) is 19.0. The van der Waals surface area contributed by atoms with Crippen LogP contribution >= 0.6 is 0 Å². The second kappa shape index (κ2) is 10.9. The third kappa shape index (κ3) is 6.54. The van der Waals surface area contributed by atoms with Crippen molar-refractivity contribution in [3.05, 3.63) is 89.7 Å². The van der Waals surface area contributed by atoms with Crippen LogP contribution in [0.2, 0.25) is 0 Å². The van der Waals surface area contributed by atoms with E-state index < -0.39 is 6.10 Å². The molecule has 2 aromatic heterocycles. The highest BCUT2D eigenvalue weighted by Gasteiger charge is 2.17. The van der Waals surface area contributed by atoms with Crippen LogP contribution in [0.5, 0.6) is 5.75 Å². The molecule has 0 bridgehead atoms. The quantitative estimate of drug-likeness (QED) is 0.364. The normalized spacial score (nSPS) is 12.2. The topological polar surface area (TPSA) is 84.8 Å². The zero-order valence-corrected chi connectivity index (χ0v) is 19.0. The lowest BCUT2D eigenvalue weighted by Crippen LogP contribution is -2.36. The average Bonchev–Trinajstić information content (AvgIpc) is 3.50. The molecule has 0 saturated carbocycles. The molecule has 0 spiro atoms. The van der Waals surface area contributed by atoms with Gasteiger partial charge in [-0.1, -0.05) is 53.2 Å². The number of benzene rings is 2. The van der Waals surface area contributed by atoms with Crippen LogP contribution in [0.3, 0.4) is 0 Å². The Hall–Kier alpha value is -3.42. The highest BCUT2D eigenvalue weighted by molar-refractivity contribution is 5.54. The van der Waals surface area contributed by atoms with Gasteiger partial charge in [0.05, 0.1) is 12.8 Å². The molecule has 0 aliphatic heterocycles. The van der Waals surface area contributed by atoms with Crippen molar-refractivity contribution >= 4 is 0 Å². The Balaban J connectivity index is 1.35. The van der Waals surface area contributed by atoms with E-state index in [0.717, 1.165) is 22.6 Å². The van der Waals surface area contributed by atoms with Crippen LogP contribution in [0.1, 0.15) is 22.8 Å². The third-order valence-corrected chi connectivity index (χ3v) is 5.37. The van der Waals surface area contributed by atoms with E-state index in [1.165, 1.54) is 5.56 Å². The number of furan rings is 1. The lowest BCUT2D eigenvalue weighted by atomic mass is 10.1. The first-order chi connectivity index (χ1) is 16.1. The molecule has 7 heteroatoms. The highest BCUT2D eigenvalue weighted by Crippen LogP contribution is 2.18. The van der Waals surface area contributed by atoms with Crippen LogP contribution in [0.25, 0.3) is 11.4 Å². The maximum atomic E-state index is 10.6. The predicted octanol–water partition coefficient (Wildman–Crippen LogP) is 4.43. The van der Waals surface area contributed by atoms with Crippen LogP contribution in [0, 0.1) is 13.8 Å². The second-order valence-electron chi connectivity index (χ2n) is 8.17. The van der Waals surface area contributed by atoms with Gasteiger partial charge < -0.3 is 18.8 Å². The van der Waals surface area contributed by atoms with Gasteiger partial charge in [0.2, 0.25) is 11.7 Å². The fraction of sp³-hybridized carbons (Fsp3) is 0.308. The Kier molecular flexibility index (Phi) is 7.55. The van der Waals surface area contributed by atoms with E-state index in [0.29, 0.717) is 37.8 Å². The molecule has 1 N–H and O–H groups in total. The molecule has 4 aromatic rings. The Labute approximate surface area is 193 Å². The third-order valence-electron chi connectivity index (χ3n) is 5.37. The Bertz CT molecular complexity index is 1120. The van der Waals surface area contributed by atoms with Gasteiger partial charge in [-0.3, -0.25) is 4.90 Å². The summed E-state index contributed by atoms with van der Waals surface area (Å²) in [6.45, 7) is 5.84.